The molecule has 1 amide bonds. The molecule has 4 nitrogen and oxygen atoms in total. The lowest BCUT2D eigenvalue weighted by Crippen LogP contribution is -2.33. The summed E-state index contributed by atoms with van der Waals surface area (Å²) in [6.07, 6.45) is 5.45. The molecule has 2 aromatic carbocycles. The Morgan fingerprint density at radius 2 is 1.64 bits per heavy atom. The average Bonchev–Trinajstić information content (AvgIpc) is 3.33. The number of benzene rings is 2. The second kappa shape index (κ2) is 7.28. The van der Waals surface area contributed by atoms with Gasteiger partial charge < -0.3 is 4.74 Å². The molecule has 0 aromatic heterocycles. The predicted molar refractivity (Wildman–Crippen MR) is 109 cm³/mol. The molecule has 1 heterocycles. The minimum atomic E-state index is -0.237. The molecule has 5 heteroatoms. The first-order valence-corrected chi connectivity index (χ1v) is 10.8. The van der Waals surface area contributed by atoms with Crippen molar-refractivity contribution in [1.82, 2.24) is 0 Å². The highest BCUT2D eigenvalue weighted by molar-refractivity contribution is 7.99. The normalized spacial score (nSPS) is 24.6. The van der Waals surface area contributed by atoms with E-state index in [-0.39, 0.29) is 18.5 Å². The first kappa shape index (κ1) is 17.8. The molecule has 2 aromatic rings. The second-order valence-corrected chi connectivity index (χ2v) is 9.15. The van der Waals surface area contributed by atoms with Crippen LogP contribution in [0.4, 0.5) is 11.4 Å². The van der Waals surface area contributed by atoms with Gasteiger partial charge in [0, 0.05) is 16.2 Å². The maximum absolute atomic E-state index is 13.0. The molecule has 3 aliphatic rings. The fourth-order valence-electron chi connectivity index (χ4n) is 5.08. The molecule has 2 saturated carbocycles. The molecule has 1 aliphatic heterocycles. The van der Waals surface area contributed by atoms with E-state index in [1.165, 1.54) is 19.3 Å². The smallest absolute Gasteiger partial charge is 0.306 e. The Kier molecular flexibility index (Phi) is 4.63. The Morgan fingerprint density at radius 3 is 2.25 bits per heavy atom. The summed E-state index contributed by atoms with van der Waals surface area (Å²) in [6.45, 7) is -0.215. The summed E-state index contributed by atoms with van der Waals surface area (Å²) in [7, 11) is 0. The highest BCUT2D eigenvalue weighted by Gasteiger charge is 2.40. The van der Waals surface area contributed by atoms with Crippen molar-refractivity contribution < 1.29 is 14.3 Å². The van der Waals surface area contributed by atoms with Crippen LogP contribution in [0.15, 0.2) is 58.3 Å². The zero-order valence-electron chi connectivity index (χ0n) is 15.7. The van der Waals surface area contributed by atoms with E-state index in [2.05, 4.69) is 0 Å². The van der Waals surface area contributed by atoms with E-state index in [9.17, 15) is 9.59 Å². The Labute approximate surface area is 169 Å². The number of hydrogen-bond acceptors (Lipinski definition) is 4. The molecule has 0 radical (unpaired) electrons. The van der Waals surface area contributed by atoms with Gasteiger partial charge in [0.1, 0.15) is 0 Å². The topological polar surface area (TPSA) is 46.6 Å². The highest BCUT2D eigenvalue weighted by Crippen LogP contribution is 2.50. The highest BCUT2D eigenvalue weighted by atomic mass is 32.2. The number of nitrogens with zero attached hydrogens (tertiary/aromatic N) is 1. The third-order valence-corrected chi connectivity index (χ3v) is 7.48. The lowest BCUT2D eigenvalue weighted by Gasteiger charge is -2.30. The van der Waals surface area contributed by atoms with Crippen molar-refractivity contribution in [3.8, 4) is 0 Å². The molecule has 144 valence electrons. The summed E-state index contributed by atoms with van der Waals surface area (Å²) in [5.74, 6) is 1.50. The molecule has 5 rings (SSSR count). The van der Waals surface area contributed by atoms with E-state index in [0.29, 0.717) is 18.3 Å². The summed E-state index contributed by atoms with van der Waals surface area (Å²) in [5.41, 5.74) is 1.70. The van der Waals surface area contributed by atoms with Crippen LogP contribution in [0.2, 0.25) is 0 Å². The molecule has 28 heavy (non-hydrogen) atoms. The number of ether oxygens (including phenoxy) is 1. The maximum atomic E-state index is 13.0. The first-order chi connectivity index (χ1) is 13.7. The lowest BCUT2D eigenvalue weighted by molar-refractivity contribution is -0.149. The molecular weight excluding hydrogens is 370 g/mol. The van der Waals surface area contributed by atoms with E-state index < -0.39 is 0 Å². The van der Waals surface area contributed by atoms with Crippen molar-refractivity contribution in [2.75, 3.05) is 11.5 Å². The number of esters is 1. The molecule has 0 N–H and O–H groups in total. The second-order valence-electron chi connectivity index (χ2n) is 8.07. The van der Waals surface area contributed by atoms with Crippen LogP contribution in [0.3, 0.4) is 0 Å². The summed E-state index contributed by atoms with van der Waals surface area (Å²) in [4.78, 5) is 29.1. The Balaban J connectivity index is 1.28. The van der Waals surface area contributed by atoms with Gasteiger partial charge in [-0.2, -0.15) is 0 Å². The van der Waals surface area contributed by atoms with Crippen LogP contribution in [-0.4, -0.2) is 18.5 Å². The molecule has 2 bridgehead atoms. The van der Waals surface area contributed by atoms with E-state index in [1.807, 2.05) is 48.5 Å². The quantitative estimate of drug-likeness (QED) is 0.671. The zero-order chi connectivity index (χ0) is 19.1. The van der Waals surface area contributed by atoms with Gasteiger partial charge in [-0.25, -0.2) is 0 Å². The summed E-state index contributed by atoms with van der Waals surface area (Å²) >= 11 is 1.65. The molecule has 0 saturated heterocycles. The number of fused-ring (bicyclic) bond motifs is 4. The predicted octanol–water partition coefficient (Wildman–Crippen LogP) is 5.19. The number of carbonyl (C=O) groups is 2. The number of hydrogen-bond donors (Lipinski definition) is 0. The standard InChI is InChI=1S/C23H23NO3S/c25-22(14-27-23(26)13-17-12-15-9-10-16(17)11-15)24-18-5-1-3-7-20(18)28-21-8-4-2-6-19(21)24/h1-8,15-17H,9-14H2/t15-,16+,17-/m0/s1. The van der Waals surface area contributed by atoms with Gasteiger partial charge in [0.25, 0.3) is 5.91 Å². The van der Waals surface area contributed by atoms with Crippen LogP contribution < -0.4 is 4.90 Å². The molecule has 0 spiro atoms. The molecule has 0 unspecified atom stereocenters. The van der Waals surface area contributed by atoms with Crippen molar-refractivity contribution in [3.63, 3.8) is 0 Å². The first-order valence-electron chi connectivity index (χ1n) is 10.0. The van der Waals surface area contributed by atoms with Gasteiger partial charge in [-0.1, -0.05) is 42.4 Å². The number of carbonyl (C=O) groups excluding carboxylic acids is 2. The third-order valence-electron chi connectivity index (χ3n) is 6.35. The third kappa shape index (κ3) is 3.22. The monoisotopic (exact) mass is 393 g/mol. The van der Waals surface area contributed by atoms with E-state index in [4.69, 9.17) is 4.74 Å². The number of amides is 1. The van der Waals surface area contributed by atoms with Crippen molar-refractivity contribution >= 4 is 35.0 Å². The fourth-order valence-corrected chi connectivity index (χ4v) is 6.14. The molecule has 2 fully saturated rings. The van der Waals surface area contributed by atoms with Crippen LogP contribution in [-0.2, 0) is 14.3 Å². The Hall–Kier alpha value is -2.27. The van der Waals surface area contributed by atoms with Gasteiger partial charge in [0.15, 0.2) is 6.61 Å². The van der Waals surface area contributed by atoms with Gasteiger partial charge in [0.05, 0.1) is 11.4 Å². The molecule has 3 atom stereocenters. The number of para-hydroxylation sites is 2. The van der Waals surface area contributed by atoms with Crippen molar-refractivity contribution in [2.24, 2.45) is 17.8 Å². The van der Waals surface area contributed by atoms with E-state index in [0.717, 1.165) is 33.5 Å². The van der Waals surface area contributed by atoms with Crippen molar-refractivity contribution in [1.29, 1.82) is 0 Å². The van der Waals surface area contributed by atoms with Crippen LogP contribution >= 0.6 is 11.8 Å². The minimum Gasteiger partial charge on any atom is -0.456 e. The zero-order valence-corrected chi connectivity index (χ0v) is 16.5. The van der Waals surface area contributed by atoms with Gasteiger partial charge >= 0.3 is 5.97 Å². The van der Waals surface area contributed by atoms with Crippen LogP contribution in [0, 0.1) is 17.8 Å². The van der Waals surface area contributed by atoms with Crippen LogP contribution in [0.25, 0.3) is 0 Å². The van der Waals surface area contributed by atoms with Gasteiger partial charge in [-0.3, -0.25) is 14.5 Å². The largest absolute Gasteiger partial charge is 0.456 e. The summed E-state index contributed by atoms with van der Waals surface area (Å²) < 4.78 is 5.42. The number of rotatable bonds is 4. The Bertz CT molecular complexity index is 882. The summed E-state index contributed by atoms with van der Waals surface area (Å²) in [6, 6.07) is 15.7. The fraction of sp³-hybridized carbons (Fsp3) is 0.391. The van der Waals surface area contributed by atoms with Crippen LogP contribution in [0.1, 0.15) is 32.1 Å². The van der Waals surface area contributed by atoms with E-state index >= 15 is 0 Å². The van der Waals surface area contributed by atoms with Crippen molar-refractivity contribution in [3.05, 3.63) is 48.5 Å². The number of anilines is 2. The SMILES string of the molecule is O=C(C[C@@H]1C[C@H]2CC[C@@H]1C2)OCC(=O)N1c2ccccc2Sc2ccccc21. The van der Waals surface area contributed by atoms with Gasteiger partial charge in [-0.15, -0.1) is 0 Å². The average molecular weight is 394 g/mol. The maximum Gasteiger partial charge on any atom is 0.306 e. The van der Waals surface area contributed by atoms with Crippen molar-refractivity contribution in [2.45, 2.75) is 41.9 Å². The molecule has 2 aliphatic carbocycles. The lowest BCUT2D eigenvalue weighted by atomic mass is 9.86. The van der Waals surface area contributed by atoms with Gasteiger partial charge in [-0.05, 0) is 61.3 Å². The van der Waals surface area contributed by atoms with E-state index in [1.54, 1.807) is 16.7 Å². The minimum absolute atomic E-state index is 0.207. The van der Waals surface area contributed by atoms with Gasteiger partial charge in [0.2, 0.25) is 0 Å². The summed E-state index contributed by atoms with van der Waals surface area (Å²) in [5, 5.41) is 0. The molecular formula is C23H23NO3S. The van der Waals surface area contributed by atoms with Crippen LogP contribution in [0.5, 0.6) is 0 Å². The Morgan fingerprint density at radius 1 is 0.964 bits per heavy atom.